The van der Waals surface area contributed by atoms with Gasteiger partial charge in [0.15, 0.2) is 5.84 Å². The summed E-state index contributed by atoms with van der Waals surface area (Å²) in [5.41, 5.74) is -2.83. The molecule has 1 N–H and O–H groups in total. The van der Waals surface area contributed by atoms with Crippen molar-refractivity contribution in [3.8, 4) is 0 Å². The number of thioether (sulfide) groups is 1. The number of amidine groups is 1. The summed E-state index contributed by atoms with van der Waals surface area (Å²) in [6.07, 6.45) is -6.80. The molecule has 0 unspecified atom stereocenters. The van der Waals surface area contributed by atoms with E-state index in [1.807, 2.05) is 19.9 Å². The molecule has 2 aliphatic heterocycles. The van der Waals surface area contributed by atoms with Gasteiger partial charge in [-0.2, -0.15) is 31.3 Å². The number of carbonyl (C=O) groups is 2. The average molecular weight is 565 g/mol. The fourth-order valence-corrected chi connectivity index (χ4v) is 5.50. The van der Waals surface area contributed by atoms with Gasteiger partial charge in [0.1, 0.15) is 0 Å². The monoisotopic (exact) mass is 564 g/mol. The van der Waals surface area contributed by atoms with Crippen molar-refractivity contribution in [2.75, 3.05) is 27.2 Å². The first-order valence-corrected chi connectivity index (χ1v) is 12.9. The normalized spacial score (nSPS) is 19.9. The highest BCUT2D eigenvalue weighted by Crippen LogP contribution is 2.38. The maximum absolute atomic E-state index is 13.5. The molecule has 2 aliphatic rings. The number of likely N-dealkylation sites (tertiary alicyclic amines) is 1. The van der Waals surface area contributed by atoms with E-state index in [0.717, 1.165) is 17.8 Å². The molecule has 13 heteroatoms. The largest absolute Gasteiger partial charge is 0.416 e. The van der Waals surface area contributed by atoms with Crippen molar-refractivity contribution in [1.82, 2.24) is 15.1 Å². The Bertz CT molecular complexity index is 1100. The number of hydrogen-bond donors (Lipinski definition) is 1. The Labute approximate surface area is 221 Å². The van der Waals surface area contributed by atoms with Gasteiger partial charge in [-0.15, -0.1) is 0 Å². The highest BCUT2D eigenvalue weighted by molar-refractivity contribution is 8.18. The van der Waals surface area contributed by atoms with Gasteiger partial charge in [0.2, 0.25) is 5.91 Å². The third kappa shape index (κ3) is 7.60. The van der Waals surface area contributed by atoms with Crippen LogP contribution in [0.2, 0.25) is 0 Å². The molecule has 210 valence electrons. The Morgan fingerprint density at radius 1 is 1.16 bits per heavy atom. The zero-order valence-electron chi connectivity index (χ0n) is 21.4. The second-order valence-electron chi connectivity index (χ2n) is 9.98. The van der Waals surface area contributed by atoms with Crippen molar-refractivity contribution in [2.24, 2.45) is 16.8 Å². The minimum atomic E-state index is -4.91. The molecule has 2 amide bonds. The van der Waals surface area contributed by atoms with Crippen LogP contribution in [0.25, 0.3) is 0 Å². The van der Waals surface area contributed by atoms with E-state index >= 15 is 0 Å². The lowest BCUT2D eigenvalue weighted by molar-refractivity contribution is -0.143. The molecule has 6 nitrogen and oxygen atoms in total. The van der Waals surface area contributed by atoms with Gasteiger partial charge >= 0.3 is 17.6 Å². The predicted octanol–water partition coefficient (Wildman–Crippen LogP) is 5.79. The number of alkyl halides is 6. The molecule has 1 saturated heterocycles. The molecule has 3 rings (SSSR count). The lowest BCUT2D eigenvalue weighted by Gasteiger charge is -2.31. The number of likely N-dealkylation sites (N-methyl/N-ethyl adjacent to an activating group) is 1. The third-order valence-corrected chi connectivity index (χ3v) is 7.30. The van der Waals surface area contributed by atoms with Crippen molar-refractivity contribution < 1.29 is 35.9 Å². The molecule has 0 aliphatic carbocycles. The number of rotatable bonds is 6. The number of nitrogens with zero attached hydrogens (tertiary/aromatic N) is 3. The van der Waals surface area contributed by atoms with E-state index in [1.54, 1.807) is 23.9 Å². The van der Waals surface area contributed by atoms with Crippen molar-refractivity contribution in [2.45, 2.75) is 51.6 Å². The Morgan fingerprint density at radius 2 is 1.79 bits per heavy atom. The Kier molecular flexibility index (Phi) is 9.36. The molecule has 0 saturated carbocycles. The summed E-state index contributed by atoms with van der Waals surface area (Å²) in [4.78, 5) is 32.8. The zero-order valence-corrected chi connectivity index (χ0v) is 22.2. The number of hydrogen-bond acceptors (Lipinski definition) is 5. The molecule has 1 aromatic carbocycles. The van der Waals surface area contributed by atoms with Crippen LogP contribution in [-0.4, -0.2) is 60.0 Å². The van der Waals surface area contributed by atoms with Gasteiger partial charge in [-0.05, 0) is 81.3 Å². The summed E-state index contributed by atoms with van der Waals surface area (Å²) in [6, 6.07) is 1.31. The average Bonchev–Trinajstić information content (AvgIpc) is 3.11. The van der Waals surface area contributed by atoms with Crippen LogP contribution in [0, 0.1) is 11.8 Å². The van der Waals surface area contributed by atoms with Gasteiger partial charge in [0, 0.05) is 6.54 Å². The number of carbonyl (C=O) groups excluding carboxylic acids is 2. The van der Waals surface area contributed by atoms with Gasteiger partial charge in [-0.25, -0.2) is 0 Å². The molecular formula is C25H30F6N4O2S. The number of nitrogens with one attached hydrogen (secondary N) is 1. The fourth-order valence-electron chi connectivity index (χ4n) is 4.73. The van der Waals surface area contributed by atoms with Crippen LogP contribution >= 0.6 is 11.8 Å². The minimum absolute atomic E-state index is 0.00816. The molecular weight excluding hydrogens is 534 g/mol. The van der Waals surface area contributed by atoms with E-state index in [2.05, 4.69) is 10.3 Å². The Balaban J connectivity index is 1.66. The molecule has 1 fully saturated rings. The molecule has 38 heavy (non-hydrogen) atoms. The topological polar surface area (TPSA) is 65.0 Å². The predicted molar refractivity (Wildman–Crippen MR) is 133 cm³/mol. The van der Waals surface area contributed by atoms with Crippen LogP contribution in [0.3, 0.4) is 0 Å². The maximum atomic E-state index is 13.5. The lowest BCUT2D eigenvalue weighted by atomic mass is 9.95. The van der Waals surface area contributed by atoms with E-state index in [0.29, 0.717) is 36.9 Å². The number of amides is 2. The van der Waals surface area contributed by atoms with Crippen molar-refractivity contribution in [3.05, 3.63) is 45.9 Å². The van der Waals surface area contributed by atoms with E-state index in [9.17, 15) is 35.9 Å². The summed E-state index contributed by atoms with van der Waals surface area (Å²) in [7, 11) is 3.57. The minimum Gasteiger partial charge on any atom is -0.308 e. The molecule has 0 spiro atoms. The first-order chi connectivity index (χ1) is 17.6. The summed E-state index contributed by atoms with van der Waals surface area (Å²) in [5, 5.41) is 2.30. The first-order valence-electron chi connectivity index (χ1n) is 12.1. The van der Waals surface area contributed by atoms with Gasteiger partial charge in [-0.1, -0.05) is 26.0 Å². The fraction of sp³-hybridized carbons (Fsp3) is 0.560. The van der Waals surface area contributed by atoms with E-state index in [1.165, 1.54) is 0 Å². The molecule has 0 bridgehead atoms. The van der Waals surface area contributed by atoms with Crippen molar-refractivity contribution >= 4 is 28.7 Å². The van der Waals surface area contributed by atoms with Crippen LogP contribution in [0.5, 0.6) is 0 Å². The van der Waals surface area contributed by atoms with Gasteiger partial charge < -0.3 is 5.32 Å². The summed E-state index contributed by atoms with van der Waals surface area (Å²) in [6.45, 7) is 4.52. The van der Waals surface area contributed by atoms with Gasteiger partial charge in [0.25, 0.3) is 0 Å². The molecule has 1 aromatic rings. The van der Waals surface area contributed by atoms with Crippen LogP contribution in [0.4, 0.5) is 31.1 Å². The van der Waals surface area contributed by atoms with E-state index in [4.69, 9.17) is 0 Å². The summed E-state index contributed by atoms with van der Waals surface area (Å²) < 4.78 is 79.3. The molecule has 0 radical (unpaired) electrons. The van der Waals surface area contributed by atoms with Crippen LogP contribution < -0.4 is 5.32 Å². The van der Waals surface area contributed by atoms with Crippen LogP contribution in [0.1, 0.15) is 43.4 Å². The molecule has 1 atom stereocenters. The lowest BCUT2D eigenvalue weighted by Crippen LogP contribution is -2.48. The second kappa shape index (κ2) is 11.8. The van der Waals surface area contributed by atoms with Crippen LogP contribution in [0.15, 0.2) is 34.2 Å². The van der Waals surface area contributed by atoms with Gasteiger partial charge in [-0.3, -0.25) is 19.4 Å². The highest BCUT2D eigenvalue weighted by atomic mass is 32.2. The quantitative estimate of drug-likeness (QED) is 0.444. The van der Waals surface area contributed by atoms with E-state index in [-0.39, 0.29) is 41.8 Å². The number of benzene rings is 1. The molecule has 0 aromatic heterocycles. The van der Waals surface area contributed by atoms with E-state index < -0.39 is 34.8 Å². The smallest absolute Gasteiger partial charge is 0.308 e. The number of piperidine rings is 1. The summed E-state index contributed by atoms with van der Waals surface area (Å²) >= 11 is 0.909. The maximum Gasteiger partial charge on any atom is 0.416 e. The summed E-state index contributed by atoms with van der Waals surface area (Å²) in [5.74, 6) is -0.0721. The third-order valence-electron chi connectivity index (χ3n) is 6.49. The highest BCUT2D eigenvalue weighted by Gasteiger charge is 2.38. The zero-order chi connectivity index (χ0) is 28.4. The van der Waals surface area contributed by atoms with Crippen LogP contribution in [-0.2, 0) is 23.7 Å². The van der Waals surface area contributed by atoms with Gasteiger partial charge in [0.05, 0.1) is 22.1 Å². The Morgan fingerprint density at radius 3 is 2.32 bits per heavy atom. The van der Waals surface area contributed by atoms with Crippen molar-refractivity contribution in [1.29, 1.82) is 0 Å². The Hall–Kier alpha value is -2.38. The SMILES string of the molecule is CC(C)[C@@H](C(=O)NC1=NC(=O)S/C1=C\C1CCN(Cc2ccc(C(F)(F)F)cc2C(F)(F)F)CC1)N(C)C. The number of halogens is 6. The first kappa shape index (κ1) is 30.2. The van der Waals surface area contributed by atoms with Crippen molar-refractivity contribution in [3.63, 3.8) is 0 Å². The standard InChI is InChI=1S/C25H30F6N4O2S/c1-14(2)20(34(3)4)22(36)32-21-19(38-23(37)33-21)11-15-7-9-35(10-8-15)13-16-5-6-17(24(26,27)28)12-18(16)25(29,30)31/h5-6,11-12,14-15,20H,7-10,13H2,1-4H3,(H,32,33,36,37)/b19-11-/t20-/m0/s1. The second-order valence-corrected chi connectivity index (χ2v) is 11.0. The molecule has 2 heterocycles. The number of aliphatic imine (C=N–C) groups is 1. The number of allylic oxidation sites excluding steroid dienone is 1.